The Morgan fingerprint density at radius 3 is 2.61 bits per heavy atom. The lowest BCUT2D eigenvalue weighted by Crippen LogP contribution is -2.17. The highest BCUT2D eigenvalue weighted by molar-refractivity contribution is 8.01. The second kappa shape index (κ2) is 10.3. The number of nitrogens with one attached hydrogen (secondary N) is 2. The van der Waals surface area contributed by atoms with Gasteiger partial charge in [-0.1, -0.05) is 53.4 Å². The molecule has 1 aliphatic rings. The Bertz CT molecular complexity index is 1060. The van der Waals surface area contributed by atoms with E-state index in [-0.39, 0.29) is 17.6 Å². The van der Waals surface area contributed by atoms with E-state index in [9.17, 15) is 9.59 Å². The van der Waals surface area contributed by atoms with Crippen molar-refractivity contribution in [2.45, 2.75) is 17.2 Å². The lowest BCUT2D eigenvalue weighted by molar-refractivity contribution is -0.116. The van der Waals surface area contributed by atoms with Crippen LogP contribution in [0.4, 0.5) is 10.8 Å². The normalized spacial score (nSPS) is 12.3. The van der Waals surface area contributed by atoms with Gasteiger partial charge in [0.2, 0.25) is 16.9 Å². The number of thioether (sulfide) groups is 1. The van der Waals surface area contributed by atoms with Gasteiger partial charge in [-0.2, -0.15) is 0 Å². The van der Waals surface area contributed by atoms with Crippen LogP contribution in [0.1, 0.15) is 12.0 Å². The van der Waals surface area contributed by atoms with Crippen LogP contribution in [-0.2, 0) is 16.0 Å². The summed E-state index contributed by atoms with van der Waals surface area (Å²) in [4.78, 5) is 24.3. The van der Waals surface area contributed by atoms with E-state index in [0.717, 1.165) is 5.56 Å². The van der Waals surface area contributed by atoms with Crippen LogP contribution < -0.4 is 20.1 Å². The van der Waals surface area contributed by atoms with Crippen molar-refractivity contribution in [2.24, 2.45) is 0 Å². The summed E-state index contributed by atoms with van der Waals surface area (Å²) < 4.78 is 11.6. The fraction of sp³-hybridized carbons (Fsp3) is 0.238. The Kier molecular flexibility index (Phi) is 7.00. The van der Waals surface area contributed by atoms with Gasteiger partial charge in [-0.25, -0.2) is 0 Å². The second-order valence-electron chi connectivity index (χ2n) is 6.60. The summed E-state index contributed by atoms with van der Waals surface area (Å²) in [6.07, 6.45) is 1.02. The first kappa shape index (κ1) is 21.1. The highest BCUT2D eigenvalue weighted by Crippen LogP contribution is 2.33. The first-order valence-corrected chi connectivity index (χ1v) is 11.5. The van der Waals surface area contributed by atoms with Gasteiger partial charge < -0.3 is 20.1 Å². The molecule has 2 heterocycles. The van der Waals surface area contributed by atoms with E-state index in [1.807, 2.05) is 30.3 Å². The fourth-order valence-corrected chi connectivity index (χ4v) is 4.42. The molecule has 2 amide bonds. The van der Waals surface area contributed by atoms with Crippen molar-refractivity contribution in [1.82, 2.24) is 10.2 Å². The monoisotopic (exact) mass is 456 g/mol. The van der Waals surface area contributed by atoms with Crippen molar-refractivity contribution in [3.05, 3.63) is 54.1 Å². The number of rotatable bonds is 8. The number of carbonyl (C=O) groups excluding carboxylic acids is 2. The van der Waals surface area contributed by atoms with Gasteiger partial charge in [-0.15, -0.1) is 10.2 Å². The van der Waals surface area contributed by atoms with Gasteiger partial charge >= 0.3 is 0 Å². The standard InChI is InChI=1S/C21H20N4O4S2/c26-18(9-6-14-4-2-1-3-5-14)23-20-24-25-21(31-20)30-13-19(27)22-15-7-8-16-17(12-15)29-11-10-28-16/h1-5,7-8,12H,6,9-11,13H2,(H,22,27)(H,23,24,26). The molecule has 0 unspecified atom stereocenters. The number of fused-ring (bicyclic) bond motifs is 1. The molecule has 4 rings (SSSR count). The third-order valence-corrected chi connectivity index (χ3v) is 6.26. The van der Waals surface area contributed by atoms with Crippen LogP contribution in [0.15, 0.2) is 52.9 Å². The third-order valence-electron chi connectivity index (χ3n) is 4.29. The molecule has 0 saturated heterocycles. The average molecular weight is 457 g/mol. The van der Waals surface area contributed by atoms with Crippen LogP contribution in [0.2, 0.25) is 0 Å². The van der Waals surface area contributed by atoms with E-state index >= 15 is 0 Å². The van der Waals surface area contributed by atoms with Gasteiger partial charge in [-0.3, -0.25) is 9.59 Å². The molecule has 0 saturated carbocycles. The quantitative estimate of drug-likeness (QED) is 0.394. The molecule has 3 aromatic rings. The summed E-state index contributed by atoms with van der Waals surface area (Å²) >= 11 is 2.50. The molecule has 31 heavy (non-hydrogen) atoms. The highest BCUT2D eigenvalue weighted by atomic mass is 32.2. The third kappa shape index (κ3) is 6.19. The Hall–Kier alpha value is -3.11. The Labute approximate surface area is 187 Å². The maximum Gasteiger partial charge on any atom is 0.234 e. The number of benzene rings is 2. The molecule has 2 N–H and O–H groups in total. The zero-order valence-electron chi connectivity index (χ0n) is 16.5. The molecular weight excluding hydrogens is 436 g/mol. The molecular formula is C21H20N4O4S2. The Balaban J connectivity index is 1.21. The number of carbonyl (C=O) groups is 2. The van der Waals surface area contributed by atoms with E-state index in [2.05, 4.69) is 20.8 Å². The maximum absolute atomic E-state index is 12.2. The Morgan fingerprint density at radius 2 is 1.77 bits per heavy atom. The predicted molar refractivity (Wildman–Crippen MR) is 120 cm³/mol. The van der Waals surface area contributed by atoms with Crippen LogP contribution >= 0.6 is 23.1 Å². The molecule has 0 fully saturated rings. The van der Waals surface area contributed by atoms with Crippen LogP contribution in [-0.4, -0.2) is 41.0 Å². The summed E-state index contributed by atoms with van der Waals surface area (Å²) in [5.41, 5.74) is 1.74. The zero-order chi connectivity index (χ0) is 21.5. The van der Waals surface area contributed by atoms with Gasteiger partial charge in [0.25, 0.3) is 0 Å². The predicted octanol–water partition coefficient (Wildman–Crippen LogP) is 3.61. The van der Waals surface area contributed by atoms with E-state index < -0.39 is 0 Å². The average Bonchev–Trinajstić information content (AvgIpc) is 3.24. The minimum absolute atomic E-state index is 0.118. The molecule has 0 spiro atoms. The molecule has 0 radical (unpaired) electrons. The topological polar surface area (TPSA) is 102 Å². The smallest absolute Gasteiger partial charge is 0.234 e. The number of aromatic nitrogens is 2. The number of aryl methyl sites for hydroxylation is 1. The first-order chi connectivity index (χ1) is 15.2. The van der Waals surface area contributed by atoms with Crippen molar-refractivity contribution >= 4 is 45.7 Å². The van der Waals surface area contributed by atoms with Gasteiger partial charge in [0, 0.05) is 18.2 Å². The molecule has 1 aromatic heterocycles. The van der Waals surface area contributed by atoms with Crippen LogP contribution in [0.5, 0.6) is 11.5 Å². The minimum Gasteiger partial charge on any atom is -0.486 e. The molecule has 0 aliphatic carbocycles. The van der Waals surface area contributed by atoms with E-state index in [0.29, 0.717) is 52.7 Å². The van der Waals surface area contributed by atoms with Crippen molar-refractivity contribution in [2.75, 3.05) is 29.6 Å². The molecule has 0 bridgehead atoms. The fourth-order valence-electron chi connectivity index (χ4n) is 2.85. The molecule has 160 valence electrons. The van der Waals surface area contributed by atoms with Crippen LogP contribution in [0, 0.1) is 0 Å². The molecule has 2 aromatic carbocycles. The summed E-state index contributed by atoms with van der Waals surface area (Å²) in [7, 11) is 0. The van der Waals surface area contributed by atoms with Crippen molar-refractivity contribution < 1.29 is 19.1 Å². The van der Waals surface area contributed by atoms with Gasteiger partial charge in [0.15, 0.2) is 15.8 Å². The lowest BCUT2D eigenvalue weighted by Gasteiger charge is -2.18. The minimum atomic E-state index is -0.176. The number of hydrogen-bond acceptors (Lipinski definition) is 8. The lowest BCUT2D eigenvalue weighted by atomic mass is 10.1. The maximum atomic E-state index is 12.2. The van der Waals surface area contributed by atoms with E-state index in [1.165, 1.54) is 23.1 Å². The van der Waals surface area contributed by atoms with Gasteiger partial charge in [0.1, 0.15) is 13.2 Å². The van der Waals surface area contributed by atoms with Crippen molar-refractivity contribution in [3.63, 3.8) is 0 Å². The number of ether oxygens (including phenoxy) is 2. The highest BCUT2D eigenvalue weighted by Gasteiger charge is 2.14. The summed E-state index contributed by atoms with van der Waals surface area (Å²) in [5, 5.41) is 14.0. The Morgan fingerprint density at radius 1 is 0.968 bits per heavy atom. The second-order valence-corrected chi connectivity index (χ2v) is 8.80. The zero-order valence-corrected chi connectivity index (χ0v) is 18.1. The molecule has 10 heteroatoms. The van der Waals surface area contributed by atoms with Gasteiger partial charge in [0.05, 0.1) is 5.75 Å². The molecule has 1 aliphatic heterocycles. The van der Waals surface area contributed by atoms with Gasteiger partial charge in [-0.05, 0) is 24.1 Å². The van der Waals surface area contributed by atoms with Crippen LogP contribution in [0.25, 0.3) is 0 Å². The van der Waals surface area contributed by atoms with Crippen LogP contribution in [0.3, 0.4) is 0 Å². The number of anilines is 2. The van der Waals surface area contributed by atoms with E-state index in [4.69, 9.17) is 9.47 Å². The van der Waals surface area contributed by atoms with Crippen molar-refractivity contribution in [1.29, 1.82) is 0 Å². The SMILES string of the molecule is O=C(CSc1nnc(NC(=O)CCc2ccccc2)s1)Nc1ccc2c(c1)OCCO2. The largest absolute Gasteiger partial charge is 0.486 e. The molecule has 8 nitrogen and oxygen atoms in total. The number of hydrogen-bond donors (Lipinski definition) is 2. The molecule has 0 atom stereocenters. The summed E-state index contributed by atoms with van der Waals surface area (Å²) in [6.45, 7) is 1.01. The van der Waals surface area contributed by atoms with Crippen molar-refractivity contribution in [3.8, 4) is 11.5 Å². The summed E-state index contributed by atoms with van der Waals surface area (Å²) in [5.74, 6) is 1.17. The first-order valence-electron chi connectivity index (χ1n) is 9.65. The summed E-state index contributed by atoms with van der Waals surface area (Å²) in [6, 6.07) is 15.1. The number of amides is 2. The van der Waals surface area contributed by atoms with E-state index in [1.54, 1.807) is 18.2 Å². The number of nitrogens with zero attached hydrogens (tertiary/aromatic N) is 2.